The molecule has 0 radical (unpaired) electrons. The Morgan fingerprint density at radius 2 is 1.92 bits per heavy atom. The number of hydrogen-bond acceptors (Lipinski definition) is 4. The summed E-state index contributed by atoms with van der Waals surface area (Å²) in [4.78, 5) is 16.2. The second-order valence-corrected chi connectivity index (χ2v) is 7.12. The van der Waals surface area contributed by atoms with Crippen LogP contribution in [0.2, 0.25) is 0 Å². The quantitative estimate of drug-likeness (QED) is 0.627. The summed E-state index contributed by atoms with van der Waals surface area (Å²) in [6.45, 7) is 4.47. The first kappa shape index (κ1) is 18.3. The van der Waals surface area contributed by atoms with Gasteiger partial charge in [0.1, 0.15) is 11.5 Å². The van der Waals surface area contributed by atoms with E-state index in [4.69, 9.17) is 4.74 Å². The molecule has 1 N–H and O–H groups in total. The molecule has 1 amide bonds. The third kappa shape index (κ3) is 5.25. The SMILES string of the molecule is CC(C)=NN=C1N=C(Cc2ccc(OCC3CCCCC3)cc2)C(=O)N1. The highest BCUT2D eigenvalue weighted by molar-refractivity contribution is 6.47. The maximum Gasteiger partial charge on any atom is 0.272 e. The second-order valence-electron chi connectivity index (χ2n) is 7.12. The topological polar surface area (TPSA) is 75.4 Å². The number of rotatable bonds is 6. The van der Waals surface area contributed by atoms with Crippen LogP contribution in [-0.4, -0.2) is 29.9 Å². The van der Waals surface area contributed by atoms with E-state index >= 15 is 0 Å². The van der Waals surface area contributed by atoms with Gasteiger partial charge in [-0.1, -0.05) is 31.4 Å². The zero-order chi connectivity index (χ0) is 18.4. The van der Waals surface area contributed by atoms with Crippen molar-refractivity contribution in [2.45, 2.75) is 52.4 Å². The van der Waals surface area contributed by atoms with E-state index in [1.54, 1.807) is 0 Å². The van der Waals surface area contributed by atoms with Crippen LogP contribution in [0.4, 0.5) is 0 Å². The minimum absolute atomic E-state index is 0.217. The third-order valence-electron chi connectivity index (χ3n) is 4.58. The van der Waals surface area contributed by atoms with Crippen LogP contribution >= 0.6 is 0 Å². The van der Waals surface area contributed by atoms with E-state index in [-0.39, 0.29) is 11.9 Å². The van der Waals surface area contributed by atoms with Gasteiger partial charge in [0.2, 0.25) is 5.96 Å². The van der Waals surface area contributed by atoms with E-state index < -0.39 is 0 Å². The van der Waals surface area contributed by atoms with Gasteiger partial charge >= 0.3 is 0 Å². The van der Waals surface area contributed by atoms with E-state index in [2.05, 4.69) is 20.5 Å². The Labute approximate surface area is 154 Å². The van der Waals surface area contributed by atoms with Crippen molar-refractivity contribution >= 4 is 23.3 Å². The summed E-state index contributed by atoms with van der Waals surface area (Å²) in [5.41, 5.74) is 2.27. The molecule has 1 saturated carbocycles. The molecule has 0 spiro atoms. The minimum Gasteiger partial charge on any atom is -0.493 e. The van der Waals surface area contributed by atoms with E-state index in [9.17, 15) is 4.79 Å². The summed E-state index contributed by atoms with van der Waals surface area (Å²) in [6.07, 6.45) is 7.02. The number of amides is 1. The Morgan fingerprint density at radius 3 is 2.62 bits per heavy atom. The van der Waals surface area contributed by atoms with Crippen molar-refractivity contribution < 1.29 is 9.53 Å². The molecular weight excluding hydrogens is 328 g/mol. The lowest BCUT2D eigenvalue weighted by atomic mass is 9.90. The first-order chi connectivity index (χ1) is 12.6. The van der Waals surface area contributed by atoms with E-state index in [1.165, 1.54) is 32.1 Å². The summed E-state index contributed by atoms with van der Waals surface area (Å²) in [5, 5.41) is 10.5. The molecule has 6 nitrogen and oxygen atoms in total. The van der Waals surface area contributed by atoms with E-state index in [1.807, 2.05) is 38.1 Å². The molecule has 0 aromatic heterocycles. The average molecular weight is 354 g/mol. The van der Waals surface area contributed by atoms with Gasteiger partial charge in [-0.2, -0.15) is 5.10 Å². The Balaban J connectivity index is 1.55. The molecule has 0 atom stereocenters. The van der Waals surface area contributed by atoms with Crippen LogP contribution in [0.1, 0.15) is 51.5 Å². The summed E-state index contributed by atoms with van der Waals surface area (Å²) in [5.74, 6) is 1.60. The van der Waals surface area contributed by atoms with Gasteiger partial charge in [0, 0.05) is 12.1 Å². The number of carbonyl (C=O) groups is 1. The lowest BCUT2D eigenvalue weighted by Gasteiger charge is -2.21. The second kappa shape index (κ2) is 8.74. The molecule has 1 aromatic rings. The van der Waals surface area contributed by atoms with Gasteiger partial charge in [0.15, 0.2) is 0 Å². The van der Waals surface area contributed by atoms with Crippen molar-refractivity contribution in [1.29, 1.82) is 0 Å². The summed E-state index contributed by atoms with van der Waals surface area (Å²) in [7, 11) is 0. The van der Waals surface area contributed by atoms with Crippen molar-refractivity contribution in [3.8, 4) is 5.75 Å². The average Bonchev–Trinajstić information content (AvgIpc) is 3.00. The lowest BCUT2D eigenvalue weighted by Crippen LogP contribution is -2.27. The van der Waals surface area contributed by atoms with Crippen molar-refractivity contribution in [3.63, 3.8) is 0 Å². The fourth-order valence-corrected chi connectivity index (χ4v) is 3.16. The molecule has 1 fully saturated rings. The first-order valence-corrected chi connectivity index (χ1v) is 9.29. The molecule has 26 heavy (non-hydrogen) atoms. The number of aliphatic imine (C=N–C) groups is 1. The molecule has 2 aliphatic rings. The summed E-state index contributed by atoms with van der Waals surface area (Å²) >= 11 is 0. The number of ether oxygens (including phenoxy) is 1. The summed E-state index contributed by atoms with van der Waals surface area (Å²) < 4.78 is 5.92. The monoisotopic (exact) mass is 354 g/mol. The molecule has 0 unspecified atom stereocenters. The van der Waals surface area contributed by atoms with Gasteiger partial charge in [0.05, 0.1) is 6.61 Å². The normalized spacial score (nSPS) is 19.2. The van der Waals surface area contributed by atoms with Gasteiger partial charge < -0.3 is 4.74 Å². The highest BCUT2D eigenvalue weighted by Gasteiger charge is 2.22. The Morgan fingerprint density at radius 1 is 1.19 bits per heavy atom. The molecule has 138 valence electrons. The van der Waals surface area contributed by atoms with Crippen molar-refractivity contribution in [2.24, 2.45) is 21.1 Å². The first-order valence-electron chi connectivity index (χ1n) is 9.29. The minimum atomic E-state index is -0.217. The van der Waals surface area contributed by atoms with Gasteiger partial charge in [0.25, 0.3) is 5.91 Å². The molecule has 3 rings (SSSR count). The molecule has 1 aromatic carbocycles. The molecule has 1 aliphatic heterocycles. The van der Waals surface area contributed by atoms with Crippen molar-refractivity contribution in [2.75, 3.05) is 6.61 Å². The lowest BCUT2D eigenvalue weighted by molar-refractivity contribution is -0.113. The summed E-state index contributed by atoms with van der Waals surface area (Å²) in [6, 6.07) is 7.89. The van der Waals surface area contributed by atoms with Gasteiger partial charge in [-0.3, -0.25) is 10.1 Å². The van der Waals surface area contributed by atoms with Crippen molar-refractivity contribution in [3.05, 3.63) is 29.8 Å². The van der Waals surface area contributed by atoms with Crippen LogP contribution < -0.4 is 10.1 Å². The number of nitrogens with zero attached hydrogens (tertiary/aromatic N) is 3. The largest absolute Gasteiger partial charge is 0.493 e. The zero-order valence-electron chi connectivity index (χ0n) is 15.5. The Kier molecular flexibility index (Phi) is 6.15. The number of carbonyl (C=O) groups excluding carboxylic acids is 1. The number of hydrogen-bond donors (Lipinski definition) is 1. The Bertz CT molecular complexity index is 725. The van der Waals surface area contributed by atoms with Crippen LogP contribution in [0, 0.1) is 5.92 Å². The van der Waals surface area contributed by atoms with Crippen LogP contribution in [0.15, 0.2) is 39.5 Å². The van der Waals surface area contributed by atoms with Crippen LogP contribution in [0.5, 0.6) is 5.75 Å². The predicted molar refractivity (Wildman–Crippen MR) is 104 cm³/mol. The highest BCUT2D eigenvalue weighted by Crippen LogP contribution is 2.24. The number of guanidine groups is 1. The molecule has 0 bridgehead atoms. The smallest absolute Gasteiger partial charge is 0.272 e. The zero-order valence-corrected chi connectivity index (χ0v) is 15.5. The number of nitrogens with one attached hydrogen (secondary N) is 1. The van der Waals surface area contributed by atoms with Crippen molar-refractivity contribution in [1.82, 2.24) is 5.32 Å². The third-order valence-corrected chi connectivity index (χ3v) is 4.58. The van der Waals surface area contributed by atoms with Crippen LogP contribution in [0.3, 0.4) is 0 Å². The van der Waals surface area contributed by atoms with Gasteiger partial charge in [-0.25, -0.2) is 4.99 Å². The van der Waals surface area contributed by atoms with Gasteiger partial charge in [-0.15, -0.1) is 5.10 Å². The maximum atomic E-state index is 12.0. The highest BCUT2D eigenvalue weighted by atomic mass is 16.5. The van der Waals surface area contributed by atoms with E-state index in [0.717, 1.165) is 23.6 Å². The fraction of sp³-hybridized carbons (Fsp3) is 0.500. The predicted octanol–water partition coefficient (Wildman–Crippen LogP) is 3.51. The Hall–Kier alpha value is -2.50. The van der Waals surface area contributed by atoms with Crippen LogP contribution in [-0.2, 0) is 11.2 Å². The molecule has 1 heterocycles. The standard InChI is InChI=1S/C20H26N4O2/c1-14(2)23-24-20-21-18(19(25)22-20)12-15-8-10-17(11-9-15)26-13-16-6-4-3-5-7-16/h8-11,16H,3-7,12-13H2,1-2H3,(H,22,24,25). The molecule has 1 aliphatic carbocycles. The molecule has 0 saturated heterocycles. The van der Waals surface area contributed by atoms with E-state index in [0.29, 0.717) is 18.1 Å². The fourth-order valence-electron chi connectivity index (χ4n) is 3.16. The maximum absolute atomic E-state index is 12.0. The van der Waals surface area contributed by atoms with Crippen LogP contribution in [0.25, 0.3) is 0 Å². The molecule has 6 heteroatoms. The number of benzene rings is 1. The van der Waals surface area contributed by atoms with Gasteiger partial charge in [-0.05, 0) is 50.3 Å². The molecular formula is C20H26N4O2.